The predicted molar refractivity (Wildman–Crippen MR) is 88.9 cm³/mol. The van der Waals surface area contributed by atoms with E-state index in [1.807, 2.05) is 67.6 Å². The van der Waals surface area contributed by atoms with E-state index in [9.17, 15) is 15.3 Å². The van der Waals surface area contributed by atoms with Crippen LogP contribution in [0.3, 0.4) is 0 Å². The van der Waals surface area contributed by atoms with Gasteiger partial charge in [0.15, 0.2) is 0 Å². The predicted octanol–water partition coefficient (Wildman–Crippen LogP) is 3.72. The smallest absolute Gasteiger partial charge is 0.232 e. The Kier molecular flexibility index (Phi) is 5.84. The van der Waals surface area contributed by atoms with E-state index >= 15 is 0 Å². The highest BCUT2D eigenvalue weighted by Crippen LogP contribution is 2.27. The molecule has 5 nitrogen and oxygen atoms in total. The lowest BCUT2D eigenvalue weighted by Gasteiger charge is -2.31. The van der Waals surface area contributed by atoms with Gasteiger partial charge in [-0.2, -0.15) is 5.06 Å². The van der Waals surface area contributed by atoms with Crippen LogP contribution in [0, 0.1) is 10.1 Å². The minimum Gasteiger partial charge on any atom is -0.313 e. The van der Waals surface area contributed by atoms with Crippen molar-refractivity contribution in [3.8, 4) is 0 Å². The van der Waals surface area contributed by atoms with Gasteiger partial charge >= 0.3 is 0 Å². The van der Waals surface area contributed by atoms with Gasteiger partial charge in [0, 0.05) is 17.9 Å². The van der Waals surface area contributed by atoms with Crippen molar-refractivity contribution in [1.29, 1.82) is 0 Å². The second-order valence-corrected chi connectivity index (χ2v) is 5.80. The molecule has 5 heteroatoms. The third kappa shape index (κ3) is 4.37. The van der Waals surface area contributed by atoms with Gasteiger partial charge in [0.05, 0.1) is 0 Å². The number of hydrogen-bond acceptors (Lipinski definition) is 4. The summed E-state index contributed by atoms with van der Waals surface area (Å²) < 4.78 is 0. The van der Waals surface area contributed by atoms with E-state index in [0.29, 0.717) is 6.42 Å². The highest BCUT2D eigenvalue weighted by atomic mass is 16.6. The zero-order valence-corrected chi connectivity index (χ0v) is 13.4. The van der Waals surface area contributed by atoms with Gasteiger partial charge in [-0.05, 0) is 24.5 Å². The third-order valence-corrected chi connectivity index (χ3v) is 4.04. The van der Waals surface area contributed by atoms with Crippen molar-refractivity contribution in [3.63, 3.8) is 0 Å². The van der Waals surface area contributed by atoms with Gasteiger partial charge in [0.2, 0.25) is 6.04 Å². The summed E-state index contributed by atoms with van der Waals surface area (Å²) in [5.41, 5.74) is 1.82. The first kappa shape index (κ1) is 17.1. The van der Waals surface area contributed by atoms with E-state index < -0.39 is 12.1 Å². The van der Waals surface area contributed by atoms with Gasteiger partial charge in [-0.15, -0.1) is 0 Å². The first-order valence-electron chi connectivity index (χ1n) is 7.70. The highest BCUT2D eigenvalue weighted by Gasteiger charge is 2.35. The monoisotopic (exact) mass is 314 g/mol. The second-order valence-electron chi connectivity index (χ2n) is 5.80. The molecule has 2 aromatic carbocycles. The number of rotatable bonds is 7. The van der Waals surface area contributed by atoms with Crippen LogP contribution in [-0.4, -0.2) is 27.3 Å². The molecular formula is C18H22N2O3. The van der Waals surface area contributed by atoms with E-state index in [-0.39, 0.29) is 11.0 Å². The second kappa shape index (κ2) is 7.85. The van der Waals surface area contributed by atoms with Gasteiger partial charge in [-0.1, -0.05) is 60.7 Å². The van der Waals surface area contributed by atoms with Crippen molar-refractivity contribution < 1.29 is 10.1 Å². The normalized spacial score (nSPS) is 15.1. The molecule has 0 heterocycles. The van der Waals surface area contributed by atoms with E-state index in [4.69, 9.17) is 0 Å². The van der Waals surface area contributed by atoms with Crippen molar-refractivity contribution in [2.75, 3.05) is 0 Å². The number of nitro groups is 1. The summed E-state index contributed by atoms with van der Waals surface area (Å²) in [6.45, 7) is 3.39. The number of benzene rings is 2. The van der Waals surface area contributed by atoms with E-state index in [1.165, 1.54) is 6.92 Å². The Hall–Kier alpha value is -2.24. The van der Waals surface area contributed by atoms with Gasteiger partial charge in [-0.25, -0.2) is 0 Å². The van der Waals surface area contributed by atoms with Crippen LogP contribution in [0.4, 0.5) is 0 Å². The average Bonchev–Trinajstić information content (AvgIpc) is 2.56. The molecule has 0 saturated carbocycles. The minimum atomic E-state index is -0.916. The highest BCUT2D eigenvalue weighted by molar-refractivity contribution is 5.20. The lowest BCUT2D eigenvalue weighted by Crippen LogP contribution is -2.42. The van der Waals surface area contributed by atoms with E-state index in [2.05, 4.69) is 0 Å². The van der Waals surface area contributed by atoms with Crippen molar-refractivity contribution in [2.45, 2.75) is 38.4 Å². The zero-order chi connectivity index (χ0) is 16.8. The molecule has 0 fully saturated rings. The number of hydroxylamine groups is 2. The lowest BCUT2D eigenvalue weighted by atomic mass is 9.98. The summed E-state index contributed by atoms with van der Waals surface area (Å²) in [5, 5.41) is 23.0. The molecule has 0 aliphatic heterocycles. The van der Waals surface area contributed by atoms with Crippen LogP contribution in [0.2, 0.25) is 0 Å². The molecule has 0 aliphatic carbocycles. The summed E-state index contributed by atoms with van der Waals surface area (Å²) in [5.74, 6) is 0. The van der Waals surface area contributed by atoms with Crippen LogP contribution in [0.15, 0.2) is 60.7 Å². The van der Waals surface area contributed by atoms with Crippen LogP contribution >= 0.6 is 0 Å². The van der Waals surface area contributed by atoms with E-state index in [0.717, 1.165) is 16.2 Å². The maximum atomic E-state index is 11.3. The van der Waals surface area contributed by atoms with Gasteiger partial charge in [0.1, 0.15) is 6.04 Å². The largest absolute Gasteiger partial charge is 0.313 e. The fourth-order valence-corrected chi connectivity index (χ4v) is 2.74. The molecule has 0 saturated heterocycles. The maximum absolute atomic E-state index is 11.3. The Labute approximate surface area is 136 Å². The van der Waals surface area contributed by atoms with Crippen LogP contribution < -0.4 is 0 Å². The summed E-state index contributed by atoms with van der Waals surface area (Å²) in [7, 11) is 0. The summed E-state index contributed by atoms with van der Waals surface area (Å²) in [6.07, 6.45) is 0.616. The van der Waals surface area contributed by atoms with Crippen molar-refractivity contribution in [2.24, 2.45) is 0 Å². The Morgan fingerprint density at radius 2 is 1.57 bits per heavy atom. The fraction of sp³-hybridized carbons (Fsp3) is 0.333. The van der Waals surface area contributed by atoms with Crippen molar-refractivity contribution in [1.82, 2.24) is 5.06 Å². The molecule has 3 atom stereocenters. The molecule has 3 unspecified atom stereocenters. The zero-order valence-electron chi connectivity index (χ0n) is 13.4. The Morgan fingerprint density at radius 1 is 1.04 bits per heavy atom. The molecule has 2 rings (SSSR count). The van der Waals surface area contributed by atoms with Crippen molar-refractivity contribution >= 4 is 0 Å². The topological polar surface area (TPSA) is 66.6 Å². The molecule has 1 N–H and O–H groups in total. The lowest BCUT2D eigenvalue weighted by molar-refractivity contribution is -0.533. The molecule has 0 radical (unpaired) electrons. The average molecular weight is 314 g/mol. The molecule has 122 valence electrons. The molecule has 0 bridgehead atoms. The molecule has 0 amide bonds. The molecule has 0 aliphatic rings. The molecule has 0 spiro atoms. The molecule has 2 aromatic rings. The summed E-state index contributed by atoms with van der Waals surface area (Å²) in [6, 6.07) is 17.1. The standard InChI is InChI=1S/C18H22N2O3/c1-14(13-16-9-5-3-6-10-16)19(21)18(15(2)20(22)23)17-11-7-4-8-12-17/h3-12,14-15,18,21H,13H2,1-2H3. The minimum absolute atomic E-state index is 0.245. The Morgan fingerprint density at radius 3 is 2.09 bits per heavy atom. The Bertz CT molecular complexity index is 619. The van der Waals surface area contributed by atoms with Crippen LogP contribution in [0.25, 0.3) is 0 Å². The quantitative estimate of drug-likeness (QED) is 0.625. The fourth-order valence-electron chi connectivity index (χ4n) is 2.74. The van der Waals surface area contributed by atoms with Crippen LogP contribution in [0.1, 0.15) is 31.0 Å². The summed E-state index contributed by atoms with van der Waals surface area (Å²) >= 11 is 0. The van der Waals surface area contributed by atoms with Crippen LogP contribution in [-0.2, 0) is 6.42 Å². The number of nitrogens with zero attached hydrogens (tertiary/aromatic N) is 2. The number of hydrogen-bond donors (Lipinski definition) is 1. The summed E-state index contributed by atoms with van der Waals surface area (Å²) in [4.78, 5) is 10.9. The molecule has 0 aromatic heterocycles. The van der Waals surface area contributed by atoms with Crippen molar-refractivity contribution in [3.05, 3.63) is 81.9 Å². The van der Waals surface area contributed by atoms with Gasteiger partial charge in [-0.3, -0.25) is 10.1 Å². The SMILES string of the molecule is CC(Cc1ccccc1)N(O)C(c1ccccc1)C(C)[N+](=O)[O-]. The first-order chi connectivity index (χ1) is 11.0. The molecular weight excluding hydrogens is 292 g/mol. The molecule has 23 heavy (non-hydrogen) atoms. The van der Waals surface area contributed by atoms with Crippen LogP contribution in [0.5, 0.6) is 0 Å². The Balaban J connectivity index is 2.22. The first-order valence-corrected chi connectivity index (χ1v) is 7.70. The van der Waals surface area contributed by atoms with E-state index in [1.54, 1.807) is 0 Å². The maximum Gasteiger partial charge on any atom is 0.232 e. The van der Waals surface area contributed by atoms with Gasteiger partial charge < -0.3 is 5.21 Å². The third-order valence-electron chi connectivity index (χ3n) is 4.04. The van der Waals surface area contributed by atoms with Gasteiger partial charge in [0.25, 0.3) is 0 Å².